The monoisotopic (exact) mass is 967 g/mol. The lowest BCUT2D eigenvalue weighted by Crippen LogP contribution is -2.61. The predicted molar refractivity (Wildman–Crippen MR) is 263 cm³/mol. The highest BCUT2D eigenvalue weighted by Gasteiger charge is 2.39. The van der Waals surface area contributed by atoms with Gasteiger partial charge >= 0.3 is 11.9 Å². The highest BCUT2D eigenvalue weighted by Crippen LogP contribution is 2.37. The quantitative estimate of drug-likeness (QED) is 0.0485. The van der Waals surface area contributed by atoms with Crippen LogP contribution in [0.2, 0.25) is 0 Å². The van der Waals surface area contributed by atoms with Gasteiger partial charge in [0.05, 0.1) is 6.42 Å². The van der Waals surface area contributed by atoms with E-state index in [1.54, 1.807) is 26.3 Å². The Morgan fingerprint density at radius 2 is 1.23 bits per heavy atom. The summed E-state index contributed by atoms with van der Waals surface area (Å²) in [5, 5.41) is 36.9. The second kappa shape index (κ2) is 25.1. The van der Waals surface area contributed by atoms with Gasteiger partial charge in [0, 0.05) is 36.4 Å². The minimum absolute atomic E-state index is 0.0451. The van der Waals surface area contributed by atoms with Crippen LogP contribution >= 0.6 is 11.8 Å². The number of aryl methyl sites for hydroxylation is 2. The number of amides is 6. The number of carbonyl (C=O) groups is 8. The van der Waals surface area contributed by atoms with Crippen molar-refractivity contribution in [3.05, 3.63) is 107 Å². The molecule has 18 heteroatoms. The highest BCUT2D eigenvalue weighted by atomic mass is 32.2. The van der Waals surface area contributed by atoms with Gasteiger partial charge in [0.2, 0.25) is 35.4 Å². The van der Waals surface area contributed by atoms with Gasteiger partial charge in [-0.3, -0.25) is 33.6 Å². The summed E-state index contributed by atoms with van der Waals surface area (Å²) in [5.41, 5.74) is 5.18. The van der Waals surface area contributed by atoms with E-state index in [2.05, 4.69) is 36.9 Å². The number of hydrogen-bond acceptors (Lipinski definition) is 9. The van der Waals surface area contributed by atoms with E-state index in [0.29, 0.717) is 30.6 Å². The molecule has 1 aliphatic rings. The summed E-state index contributed by atoms with van der Waals surface area (Å²) in [6, 6.07) is 14.7. The first kappa shape index (κ1) is 53.3. The van der Waals surface area contributed by atoms with Crippen molar-refractivity contribution in [3.63, 3.8) is 0 Å². The van der Waals surface area contributed by atoms with Crippen LogP contribution in [0.3, 0.4) is 0 Å². The molecule has 6 amide bonds. The Morgan fingerprint density at radius 1 is 0.681 bits per heavy atom. The van der Waals surface area contributed by atoms with Crippen LogP contribution in [0.5, 0.6) is 0 Å². The fraction of sp³-hybridized carbons (Fsp3) is 0.451. The minimum Gasteiger partial charge on any atom is -0.481 e. The van der Waals surface area contributed by atoms with Crippen molar-refractivity contribution in [2.75, 3.05) is 12.0 Å². The number of hydrogen-bond donors (Lipinski definition) is 9. The lowest BCUT2D eigenvalue weighted by molar-refractivity contribution is -0.142. The van der Waals surface area contributed by atoms with Crippen molar-refractivity contribution in [1.82, 2.24) is 36.9 Å². The minimum atomic E-state index is -1.72. The molecule has 0 radical (unpaired) electrons. The normalized spacial score (nSPS) is 15.3. The molecule has 0 spiro atoms. The maximum Gasteiger partial charge on any atom is 0.326 e. The molecule has 0 aliphatic heterocycles. The van der Waals surface area contributed by atoms with Crippen molar-refractivity contribution in [3.8, 4) is 0 Å². The Balaban J connectivity index is 1.35. The average molecular weight is 968 g/mol. The Hall–Kier alpha value is -6.69. The van der Waals surface area contributed by atoms with Gasteiger partial charge in [-0.2, -0.15) is 11.8 Å². The van der Waals surface area contributed by atoms with Crippen LogP contribution in [-0.4, -0.2) is 111 Å². The van der Waals surface area contributed by atoms with E-state index in [1.165, 1.54) is 18.7 Å². The van der Waals surface area contributed by atoms with Gasteiger partial charge in [-0.15, -0.1) is 0 Å². The summed E-state index contributed by atoms with van der Waals surface area (Å²) in [5.74, 6) is -8.18. The molecule has 5 rings (SSSR count). The molecule has 7 atom stereocenters. The van der Waals surface area contributed by atoms with Crippen LogP contribution in [0.4, 0.5) is 0 Å². The predicted octanol–water partition coefficient (Wildman–Crippen LogP) is 3.97. The third kappa shape index (κ3) is 14.4. The summed E-state index contributed by atoms with van der Waals surface area (Å²) in [7, 11) is 0. The molecule has 1 aromatic heterocycles. The summed E-state index contributed by atoms with van der Waals surface area (Å²) < 4.78 is 0. The third-order valence-electron chi connectivity index (χ3n) is 12.5. The average Bonchev–Trinajstić information content (AvgIpc) is 3.64. The zero-order valence-corrected chi connectivity index (χ0v) is 40.7. The number of para-hydroxylation sites is 1. The largest absolute Gasteiger partial charge is 0.481 e. The van der Waals surface area contributed by atoms with Crippen LogP contribution in [0.15, 0.2) is 79.0 Å². The fourth-order valence-corrected chi connectivity index (χ4v) is 9.25. The highest BCUT2D eigenvalue weighted by molar-refractivity contribution is 7.98. The molecule has 69 heavy (non-hydrogen) atoms. The lowest BCUT2D eigenvalue weighted by atomic mass is 9.82. The maximum atomic E-state index is 14.6. The van der Waals surface area contributed by atoms with Crippen LogP contribution in [0, 0.1) is 11.8 Å². The zero-order valence-electron chi connectivity index (χ0n) is 39.9. The van der Waals surface area contributed by atoms with E-state index in [9.17, 15) is 48.6 Å². The first-order chi connectivity index (χ1) is 32.9. The van der Waals surface area contributed by atoms with E-state index in [1.807, 2.05) is 86.6 Å². The topological polar surface area (TPSA) is 265 Å². The number of thioether (sulfide) groups is 1. The number of carboxylic acid groups (broad SMARTS) is 2. The third-order valence-corrected chi connectivity index (χ3v) is 13.2. The Morgan fingerprint density at radius 3 is 1.81 bits per heavy atom. The molecular weight excluding hydrogens is 903 g/mol. The second-order valence-electron chi connectivity index (χ2n) is 18.1. The number of nitrogens with one attached hydrogen (secondary N) is 7. The first-order valence-corrected chi connectivity index (χ1v) is 24.7. The number of carbonyl (C=O) groups excluding carboxylic acids is 6. The maximum absolute atomic E-state index is 14.6. The molecule has 3 aromatic carbocycles. The van der Waals surface area contributed by atoms with Crippen molar-refractivity contribution in [1.29, 1.82) is 0 Å². The molecule has 4 aromatic rings. The number of carboxylic acids is 2. The molecule has 9 N–H and O–H groups in total. The van der Waals surface area contributed by atoms with Crippen LogP contribution in [-0.2, 0) is 57.6 Å². The van der Waals surface area contributed by atoms with Gasteiger partial charge in [0.1, 0.15) is 36.3 Å². The molecule has 0 saturated carbocycles. The van der Waals surface area contributed by atoms with Crippen LogP contribution in [0.1, 0.15) is 94.0 Å². The zero-order chi connectivity index (χ0) is 50.4. The summed E-state index contributed by atoms with van der Waals surface area (Å²) in [6.07, 6.45) is 4.48. The van der Waals surface area contributed by atoms with E-state index in [4.69, 9.17) is 0 Å². The Labute approximate surface area is 406 Å². The first-order valence-electron chi connectivity index (χ1n) is 23.3. The fourth-order valence-electron chi connectivity index (χ4n) is 8.78. The molecule has 0 bridgehead atoms. The van der Waals surface area contributed by atoms with E-state index in [0.717, 1.165) is 33.2 Å². The molecule has 0 fully saturated rings. The van der Waals surface area contributed by atoms with E-state index >= 15 is 0 Å². The number of aromatic nitrogens is 1. The number of fused-ring (bicyclic) bond motifs is 3. The van der Waals surface area contributed by atoms with Crippen molar-refractivity contribution in [2.24, 2.45) is 11.8 Å². The van der Waals surface area contributed by atoms with Gasteiger partial charge in [-0.05, 0) is 83.4 Å². The van der Waals surface area contributed by atoms with Gasteiger partial charge in [0.15, 0.2) is 0 Å². The van der Waals surface area contributed by atoms with Gasteiger partial charge in [0.25, 0.3) is 0 Å². The van der Waals surface area contributed by atoms with Crippen molar-refractivity contribution in [2.45, 2.75) is 122 Å². The standard InChI is InChI=1S/C51H65N7O10S/c1-7-29(4)44(49(65)57-41(51(67)68)25-33-27-52-37-19-13-12-16-34(33)37)58-46(62)38(22-23-69-6)54-48(64)40(26-42(60)61)55-47(63)39(24-28(2)3)56-50(66)45(53-30(5)59)43-35-17-10-8-14-31(35)20-21-32-15-9-11-18-36(32)43/h8-19,27-29,38-41,43-45,52H,7,20-26H2,1-6H3,(H,53,59)(H,54,64)(H,55,63)(H,56,66)(H,57,65)(H,58,62)(H,60,61)(H,67,68)/t29-,38-,39-,40-,41-,44-,45+/m0/s1. The summed E-state index contributed by atoms with van der Waals surface area (Å²) >= 11 is 1.37. The van der Waals surface area contributed by atoms with Crippen LogP contribution < -0.4 is 31.9 Å². The molecule has 1 aliphatic carbocycles. The van der Waals surface area contributed by atoms with Crippen LogP contribution in [0.25, 0.3) is 10.9 Å². The van der Waals surface area contributed by atoms with E-state index in [-0.39, 0.29) is 25.2 Å². The number of H-pyrrole nitrogens is 1. The van der Waals surface area contributed by atoms with Crippen molar-refractivity contribution >= 4 is 70.0 Å². The number of aliphatic carboxylic acids is 2. The van der Waals surface area contributed by atoms with Gasteiger partial charge in [-0.25, -0.2) is 4.79 Å². The Bertz CT molecular complexity index is 2450. The number of benzene rings is 3. The smallest absolute Gasteiger partial charge is 0.326 e. The number of rotatable bonds is 24. The Kier molecular flexibility index (Phi) is 19.4. The summed E-state index contributed by atoms with van der Waals surface area (Å²) in [4.78, 5) is 111. The van der Waals surface area contributed by atoms with E-state index < -0.39 is 102 Å². The molecule has 0 saturated heterocycles. The molecule has 17 nitrogen and oxygen atoms in total. The van der Waals surface area contributed by atoms with Crippen molar-refractivity contribution < 1.29 is 48.6 Å². The second-order valence-corrected chi connectivity index (χ2v) is 19.1. The molecule has 370 valence electrons. The lowest BCUT2D eigenvalue weighted by Gasteiger charge is -2.31. The van der Waals surface area contributed by atoms with Gasteiger partial charge in [-0.1, -0.05) is 101 Å². The number of aromatic amines is 1. The molecular formula is C51H65N7O10S. The SMILES string of the molecule is CC[C@H](C)[C@H](NC(=O)[C@H](CCSC)NC(=O)[C@H](CC(=O)O)NC(=O)[C@H](CC(C)C)NC(=O)[C@H](NC(C)=O)C1c2ccccc2CCc2ccccc21)C(=O)N[C@@H](Cc1c[nH]c2ccccc12)C(=O)O. The molecule has 0 unspecified atom stereocenters. The summed E-state index contributed by atoms with van der Waals surface area (Å²) in [6.45, 7) is 8.46. The molecule has 1 heterocycles. The van der Waals surface area contributed by atoms with Gasteiger partial charge < -0.3 is 47.1 Å².